The predicted molar refractivity (Wildman–Crippen MR) is 85.2 cm³/mol. The molecule has 1 atom stereocenters. The van der Waals surface area contributed by atoms with Crippen LogP contribution in [0.5, 0.6) is 5.75 Å². The van der Waals surface area contributed by atoms with E-state index in [1.165, 1.54) is 37.7 Å². The van der Waals surface area contributed by atoms with Crippen molar-refractivity contribution in [1.82, 2.24) is 5.32 Å². The third kappa shape index (κ3) is 3.01. The van der Waals surface area contributed by atoms with Gasteiger partial charge in [-0.05, 0) is 51.6 Å². The Kier molecular flexibility index (Phi) is 5.09. The van der Waals surface area contributed by atoms with Crippen LogP contribution in [0.25, 0.3) is 0 Å². The molecule has 20 heavy (non-hydrogen) atoms. The van der Waals surface area contributed by atoms with Gasteiger partial charge in [-0.15, -0.1) is 0 Å². The maximum absolute atomic E-state index is 6.04. The zero-order valence-electron chi connectivity index (χ0n) is 13.4. The summed E-state index contributed by atoms with van der Waals surface area (Å²) in [6.07, 6.45) is 6.82. The quantitative estimate of drug-likeness (QED) is 0.812. The second-order valence-electron chi connectivity index (χ2n) is 6.35. The number of benzene rings is 1. The van der Waals surface area contributed by atoms with Gasteiger partial charge in [-0.2, -0.15) is 0 Å². The molecule has 1 unspecified atom stereocenters. The molecule has 1 fully saturated rings. The van der Waals surface area contributed by atoms with Crippen molar-refractivity contribution in [2.24, 2.45) is 5.41 Å². The Morgan fingerprint density at radius 1 is 1.20 bits per heavy atom. The van der Waals surface area contributed by atoms with Crippen molar-refractivity contribution in [3.63, 3.8) is 0 Å². The van der Waals surface area contributed by atoms with Crippen LogP contribution in [0, 0.1) is 5.41 Å². The number of ether oxygens (including phenoxy) is 1. The van der Waals surface area contributed by atoms with E-state index in [1.54, 1.807) is 0 Å². The fraction of sp³-hybridized carbons (Fsp3) is 0.667. The molecular weight excluding hydrogens is 246 g/mol. The second-order valence-corrected chi connectivity index (χ2v) is 6.35. The standard InChI is InChI=1S/C18H29NO/c1-5-18(12-8-9-13-18)17(19-4)15-10-6-7-11-16(15)20-14(2)3/h6-7,10-11,14,17,19H,5,8-9,12-13H2,1-4H3. The Morgan fingerprint density at radius 3 is 2.40 bits per heavy atom. The molecule has 112 valence electrons. The van der Waals surface area contributed by atoms with Crippen molar-refractivity contribution >= 4 is 0 Å². The smallest absolute Gasteiger partial charge is 0.124 e. The minimum absolute atomic E-state index is 0.217. The van der Waals surface area contributed by atoms with E-state index < -0.39 is 0 Å². The molecule has 1 aliphatic carbocycles. The zero-order chi connectivity index (χ0) is 14.6. The highest BCUT2D eigenvalue weighted by atomic mass is 16.5. The number of hydrogen-bond acceptors (Lipinski definition) is 2. The summed E-state index contributed by atoms with van der Waals surface area (Å²) in [5.41, 5.74) is 1.72. The Morgan fingerprint density at radius 2 is 1.85 bits per heavy atom. The lowest BCUT2D eigenvalue weighted by molar-refractivity contribution is 0.183. The molecule has 2 heteroatoms. The van der Waals surface area contributed by atoms with Crippen molar-refractivity contribution in [3.05, 3.63) is 29.8 Å². The molecule has 2 rings (SSSR count). The highest BCUT2D eigenvalue weighted by molar-refractivity contribution is 5.37. The molecule has 1 saturated carbocycles. The third-order valence-electron chi connectivity index (χ3n) is 4.80. The summed E-state index contributed by atoms with van der Waals surface area (Å²) in [5, 5.41) is 3.59. The molecule has 0 bridgehead atoms. The monoisotopic (exact) mass is 275 g/mol. The first kappa shape index (κ1) is 15.4. The summed E-state index contributed by atoms with van der Waals surface area (Å²) in [4.78, 5) is 0. The first-order valence-electron chi connectivity index (χ1n) is 8.06. The molecular formula is C18H29NO. The third-order valence-corrected chi connectivity index (χ3v) is 4.80. The van der Waals surface area contributed by atoms with Crippen LogP contribution >= 0.6 is 0 Å². The van der Waals surface area contributed by atoms with Gasteiger partial charge in [-0.3, -0.25) is 0 Å². The van der Waals surface area contributed by atoms with Gasteiger partial charge in [-0.25, -0.2) is 0 Å². The molecule has 0 aromatic heterocycles. The van der Waals surface area contributed by atoms with Crippen molar-refractivity contribution < 1.29 is 4.74 Å². The summed E-state index contributed by atoms with van der Waals surface area (Å²) < 4.78 is 6.04. The van der Waals surface area contributed by atoms with Crippen LogP contribution < -0.4 is 10.1 Å². The minimum Gasteiger partial charge on any atom is -0.491 e. The van der Waals surface area contributed by atoms with Gasteiger partial charge in [-0.1, -0.05) is 38.0 Å². The molecule has 0 spiro atoms. The van der Waals surface area contributed by atoms with Crippen LogP contribution in [0.2, 0.25) is 0 Å². The number of rotatable bonds is 6. The molecule has 1 N–H and O–H groups in total. The Bertz CT molecular complexity index is 421. The fourth-order valence-electron chi connectivity index (χ4n) is 3.80. The average molecular weight is 275 g/mol. The second kappa shape index (κ2) is 6.62. The zero-order valence-corrected chi connectivity index (χ0v) is 13.4. The van der Waals surface area contributed by atoms with Gasteiger partial charge in [0, 0.05) is 11.6 Å². The molecule has 1 aromatic carbocycles. The molecule has 0 radical (unpaired) electrons. The van der Waals surface area contributed by atoms with E-state index in [-0.39, 0.29) is 6.10 Å². The lowest BCUT2D eigenvalue weighted by atomic mass is 9.73. The Hall–Kier alpha value is -1.02. The van der Waals surface area contributed by atoms with Gasteiger partial charge in [0.05, 0.1) is 6.10 Å². The van der Waals surface area contributed by atoms with Crippen LogP contribution in [-0.2, 0) is 0 Å². The van der Waals surface area contributed by atoms with Crippen molar-refractivity contribution in [2.45, 2.75) is 65.0 Å². The van der Waals surface area contributed by atoms with Crippen molar-refractivity contribution in [1.29, 1.82) is 0 Å². The molecule has 0 saturated heterocycles. The number of hydrogen-bond donors (Lipinski definition) is 1. The molecule has 1 aromatic rings. The van der Waals surface area contributed by atoms with Gasteiger partial charge < -0.3 is 10.1 Å². The van der Waals surface area contributed by atoms with Gasteiger partial charge in [0.2, 0.25) is 0 Å². The highest BCUT2D eigenvalue weighted by Crippen LogP contribution is 2.51. The van der Waals surface area contributed by atoms with Crippen LogP contribution in [0.1, 0.15) is 64.5 Å². The van der Waals surface area contributed by atoms with E-state index >= 15 is 0 Å². The van der Waals surface area contributed by atoms with E-state index in [2.05, 4.69) is 57.4 Å². The lowest BCUT2D eigenvalue weighted by Gasteiger charge is -2.38. The Labute approximate surface area is 123 Å². The first-order chi connectivity index (χ1) is 9.63. The van der Waals surface area contributed by atoms with E-state index in [4.69, 9.17) is 4.74 Å². The van der Waals surface area contributed by atoms with Crippen molar-refractivity contribution in [3.8, 4) is 5.75 Å². The number of para-hydroxylation sites is 1. The number of nitrogens with one attached hydrogen (secondary N) is 1. The summed E-state index contributed by atoms with van der Waals surface area (Å²) in [6.45, 7) is 6.52. The van der Waals surface area contributed by atoms with Gasteiger partial charge in [0.25, 0.3) is 0 Å². The van der Waals surface area contributed by atoms with E-state index in [0.717, 1.165) is 5.75 Å². The maximum atomic E-state index is 6.04. The summed E-state index contributed by atoms with van der Waals surface area (Å²) in [7, 11) is 2.09. The van der Waals surface area contributed by atoms with Gasteiger partial charge in [0.15, 0.2) is 0 Å². The van der Waals surface area contributed by atoms with Gasteiger partial charge in [0.1, 0.15) is 5.75 Å². The fourth-order valence-corrected chi connectivity index (χ4v) is 3.80. The molecule has 0 aliphatic heterocycles. The Balaban J connectivity index is 2.36. The largest absolute Gasteiger partial charge is 0.491 e. The van der Waals surface area contributed by atoms with Crippen LogP contribution in [0.15, 0.2) is 24.3 Å². The van der Waals surface area contributed by atoms with Crippen LogP contribution in [0.4, 0.5) is 0 Å². The predicted octanol–water partition coefficient (Wildman–Crippen LogP) is 4.70. The molecule has 0 amide bonds. The SMILES string of the molecule is CCC1(C(NC)c2ccccc2OC(C)C)CCCC1. The van der Waals surface area contributed by atoms with E-state index in [0.29, 0.717) is 11.5 Å². The summed E-state index contributed by atoms with van der Waals surface area (Å²) in [6, 6.07) is 8.93. The normalized spacial score (nSPS) is 19.2. The van der Waals surface area contributed by atoms with Crippen molar-refractivity contribution in [2.75, 3.05) is 7.05 Å². The summed E-state index contributed by atoms with van der Waals surface area (Å²) >= 11 is 0. The van der Waals surface area contributed by atoms with Gasteiger partial charge >= 0.3 is 0 Å². The first-order valence-corrected chi connectivity index (χ1v) is 8.06. The average Bonchev–Trinajstić information content (AvgIpc) is 2.91. The topological polar surface area (TPSA) is 21.3 Å². The minimum atomic E-state index is 0.217. The maximum Gasteiger partial charge on any atom is 0.124 e. The van der Waals surface area contributed by atoms with Crippen LogP contribution in [0.3, 0.4) is 0 Å². The lowest BCUT2D eigenvalue weighted by Crippen LogP contribution is -2.34. The van der Waals surface area contributed by atoms with E-state index in [9.17, 15) is 0 Å². The molecule has 1 aliphatic rings. The van der Waals surface area contributed by atoms with Crippen LogP contribution in [-0.4, -0.2) is 13.2 Å². The summed E-state index contributed by atoms with van der Waals surface area (Å²) in [5.74, 6) is 1.04. The van der Waals surface area contributed by atoms with E-state index in [1.807, 2.05) is 0 Å². The highest BCUT2D eigenvalue weighted by Gasteiger charge is 2.40. The molecule has 0 heterocycles. The molecule has 2 nitrogen and oxygen atoms in total.